The first-order valence-corrected chi connectivity index (χ1v) is 11.1. The SMILES string of the molecule is Cc1cccc(-c2ccc(C(=O)NCC(c3ccccc3Cl)N3CCOCC3)c(=O)[nH]2)c1. The predicted molar refractivity (Wildman–Crippen MR) is 126 cm³/mol. The Kier molecular flexibility index (Phi) is 7.05. The summed E-state index contributed by atoms with van der Waals surface area (Å²) in [5, 5.41) is 3.58. The number of carbonyl (C=O) groups excluding carboxylic acids is 1. The first-order valence-electron chi connectivity index (χ1n) is 10.7. The van der Waals surface area contributed by atoms with Crippen molar-refractivity contribution in [3.63, 3.8) is 0 Å². The number of amides is 1. The number of aromatic amines is 1. The molecule has 7 heteroatoms. The minimum absolute atomic E-state index is 0.0845. The molecule has 4 rings (SSSR count). The van der Waals surface area contributed by atoms with Crippen LogP contribution in [0.1, 0.15) is 27.5 Å². The zero-order valence-electron chi connectivity index (χ0n) is 17.9. The third-order valence-electron chi connectivity index (χ3n) is 5.69. The Morgan fingerprint density at radius 1 is 1.12 bits per heavy atom. The van der Waals surface area contributed by atoms with E-state index in [-0.39, 0.29) is 11.6 Å². The van der Waals surface area contributed by atoms with Gasteiger partial charge in [-0.2, -0.15) is 0 Å². The fourth-order valence-electron chi connectivity index (χ4n) is 3.99. The summed E-state index contributed by atoms with van der Waals surface area (Å²) in [6.45, 7) is 5.09. The Hall–Kier alpha value is -2.93. The zero-order chi connectivity index (χ0) is 22.5. The molecule has 1 aliphatic rings. The molecule has 0 aliphatic carbocycles. The molecule has 0 bridgehead atoms. The molecular formula is C25H26ClN3O3. The molecule has 1 amide bonds. The summed E-state index contributed by atoms with van der Waals surface area (Å²) in [7, 11) is 0. The van der Waals surface area contributed by atoms with Crippen LogP contribution in [0.15, 0.2) is 65.5 Å². The van der Waals surface area contributed by atoms with Crippen molar-refractivity contribution in [3.05, 3.63) is 92.7 Å². The second-order valence-electron chi connectivity index (χ2n) is 7.88. The van der Waals surface area contributed by atoms with Crippen molar-refractivity contribution < 1.29 is 9.53 Å². The molecule has 3 aromatic rings. The molecule has 0 saturated carbocycles. The number of aryl methyl sites for hydroxylation is 1. The van der Waals surface area contributed by atoms with Gasteiger partial charge in [0.05, 0.1) is 19.3 Å². The van der Waals surface area contributed by atoms with Crippen LogP contribution in [0, 0.1) is 6.92 Å². The highest BCUT2D eigenvalue weighted by atomic mass is 35.5. The summed E-state index contributed by atoms with van der Waals surface area (Å²) in [4.78, 5) is 30.6. The number of benzene rings is 2. The van der Waals surface area contributed by atoms with Gasteiger partial charge in [-0.15, -0.1) is 0 Å². The molecule has 1 atom stereocenters. The number of morpholine rings is 1. The molecule has 32 heavy (non-hydrogen) atoms. The highest BCUT2D eigenvalue weighted by molar-refractivity contribution is 6.31. The third kappa shape index (κ3) is 5.10. The average molecular weight is 452 g/mol. The number of H-pyrrole nitrogens is 1. The minimum atomic E-state index is -0.415. The van der Waals surface area contributed by atoms with Crippen molar-refractivity contribution in [2.75, 3.05) is 32.8 Å². The van der Waals surface area contributed by atoms with Crippen LogP contribution in [0.5, 0.6) is 0 Å². The maximum Gasteiger partial charge on any atom is 0.261 e. The molecule has 1 aromatic heterocycles. The Balaban J connectivity index is 1.52. The number of carbonyl (C=O) groups is 1. The maximum absolute atomic E-state index is 12.9. The summed E-state index contributed by atoms with van der Waals surface area (Å²) in [5.74, 6) is -0.410. The number of rotatable bonds is 6. The molecule has 0 radical (unpaired) electrons. The lowest BCUT2D eigenvalue weighted by molar-refractivity contribution is 0.0162. The smallest absolute Gasteiger partial charge is 0.261 e. The molecule has 2 aromatic carbocycles. The summed E-state index contributed by atoms with van der Waals surface area (Å²) in [6.07, 6.45) is 0. The van der Waals surface area contributed by atoms with Crippen LogP contribution >= 0.6 is 11.6 Å². The van der Waals surface area contributed by atoms with Gasteiger partial charge in [-0.3, -0.25) is 14.5 Å². The number of hydrogen-bond acceptors (Lipinski definition) is 4. The van der Waals surface area contributed by atoms with Gasteiger partial charge in [0.25, 0.3) is 11.5 Å². The standard InChI is InChI=1S/C25H26ClN3O3/c1-17-5-4-6-18(15-17)22-10-9-20(25(31)28-22)24(30)27-16-23(29-11-13-32-14-12-29)19-7-2-3-8-21(19)26/h2-10,15,23H,11-14,16H2,1H3,(H,27,30)(H,28,31). The van der Waals surface area contributed by atoms with Gasteiger partial charge in [-0.05, 0) is 42.3 Å². The van der Waals surface area contributed by atoms with Gasteiger partial charge in [0.1, 0.15) is 5.56 Å². The number of nitrogens with one attached hydrogen (secondary N) is 2. The minimum Gasteiger partial charge on any atom is -0.379 e. The van der Waals surface area contributed by atoms with E-state index in [2.05, 4.69) is 15.2 Å². The number of pyridine rings is 1. The van der Waals surface area contributed by atoms with Crippen LogP contribution in [-0.4, -0.2) is 48.6 Å². The van der Waals surface area contributed by atoms with Crippen molar-refractivity contribution in [1.29, 1.82) is 0 Å². The molecule has 1 aliphatic heterocycles. The van der Waals surface area contributed by atoms with Crippen LogP contribution in [0.25, 0.3) is 11.3 Å². The lowest BCUT2D eigenvalue weighted by Crippen LogP contribution is -2.44. The number of nitrogens with zero attached hydrogens (tertiary/aromatic N) is 1. The molecule has 166 valence electrons. The summed E-state index contributed by atoms with van der Waals surface area (Å²) < 4.78 is 5.47. The molecule has 1 unspecified atom stereocenters. The van der Waals surface area contributed by atoms with E-state index in [0.29, 0.717) is 30.5 Å². The Morgan fingerprint density at radius 3 is 2.62 bits per heavy atom. The van der Waals surface area contributed by atoms with Crippen LogP contribution < -0.4 is 10.9 Å². The Labute approximate surface area is 192 Å². The number of halogens is 1. The van der Waals surface area contributed by atoms with Crippen molar-refractivity contribution >= 4 is 17.5 Å². The fourth-order valence-corrected chi connectivity index (χ4v) is 4.25. The van der Waals surface area contributed by atoms with Crippen LogP contribution in [0.2, 0.25) is 5.02 Å². The maximum atomic E-state index is 12.9. The highest BCUT2D eigenvalue weighted by Gasteiger charge is 2.25. The number of ether oxygens (including phenoxy) is 1. The van der Waals surface area contributed by atoms with E-state index in [1.165, 1.54) is 0 Å². The molecule has 6 nitrogen and oxygen atoms in total. The second-order valence-corrected chi connectivity index (χ2v) is 8.29. The van der Waals surface area contributed by atoms with Gasteiger partial charge in [-0.1, -0.05) is 53.6 Å². The van der Waals surface area contributed by atoms with E-state index in [1.807, 2.05) is 55.5 Å². The third-order valence-corrected chi connectivity index (χ3v) is 6.03. The van der Waals surface area contributed by atoms with E-state index < -0.39 is 11.5 Å². The molecule has 0 spiro atoms. The van der Waals surface area contributed by atoms with E-state index in [9.17, 15) is 9.59 Å². The molecule has 2 N–H and O–H groups in total. The van der Waals surface area contributed by atoms with Gasteiger partial charge in [0.2, 0.25) is 0 Å². The quantitative estimate of drug-likeness (QED) is 0.597. The van der Waals surface area contributed by atoms with E-state index in [4.69, 9.17) is 16.3 Å². The van der Waals surface area contributed by atoms with Crippen molar-refractivity contribution in [2.24, 2.45) is 0 Å². The first-order chi connectivity index (χ1) is 15.5. The monoisotopic (exact) mass is 451 g/mol. The topological polar surface area (TPSA) is 74.4 Å². The van der Waals surface area contributed by atoms with Gasteiger partial charge < -0.3 is 15.0 Å². The van der Waals surface area contributed by atoms with Gasteiger partial charge in [0, 0.05) is 30.4 Å². The van der Waals surface area contributed by atoms with E-state index >= 15 is 0 Å². The molecule has 1 saturated heterocycles. The van der Waals surface area contributed by atoms with Crippen LogP contribution in [0.3, 0.4) is 0 Å². The van der Waals surface area contributed by atoms with Crippen molar-refractivity contribution in [3.8, 4) is 11.3 Å². The van der Waals surface area contributed by atoms with Crippen LogP contribution in [-0.2, 0) is 4.74 Å². The van der Waals surface area contributed by atoms with E-state index in [1.54, 1.807) is 12.1 Å². The number of aromatic nitrogens is 1. The van der Waals surface area contributed by atoms with Crippen molar-refractivity contribution in [2.45, 2.75) is 13.0 Å². The molecular weight excluding hydrogens is 426 g/mol. The second kappa shape index (κ2) is 10.1. The fraction of sp³-hybridized carbons (Fsp3) is 0.280. The zero-order valence-corrected chi connectivity index (χ0v) is 18.7. The summed E-state index contributed by atoms with van der Waals surface area (Å²) in [5.41, 5.74) is 3.29. The van der Waals surface area contributed by atoms with Gasteiger partial charge in [0.15, 0.2) is 0 Å². The number of hydrogen-bond donors (Lipinski definition) is 2. The predicted octanol–water partition coefficient (Wildman–Crippen LogP) is 3.81. The first kappa shape index (κ1) is 22.3. The largest absolute Gasteiger partial charge is 0.379 e. The van der Waals surface area contributed by atoms with Crippen LogP contribution in [0.4, 0.5) is 0 Å². The lowest BCUT2D eigenvalue weighted by atomic mass is 10.0. The molecule has 2 heterocycles. The average Bonchev–Trinajstić information content (AvgIpc) is 2.81. The highest BCUT2D eigenvalue weighted by Crippen LogP contribution is 2.28. The normalized spacial score (nSPS) is 15.3. The van der Waals surface area contributed by atoms with Gasteiger partial charge in [-0.25, -0.2) is 0 Å². The summed E-state index contributed by atoms with van der Waals surface area (Å²) >= 11 is 6.46. The van der Waals surface area contributed by atoms with E-state index in [0.717, 1.165) is 29.8 Å². The van der Waals surface area contributed by atoms with Crippen molar-refractivity contribution in [1.82, 2.24) is 15.2 Å². The lowest BCUT2D eigenvalue weighted by Gasteiger charge is -2.35. The Morgan fingerprint density at radius 2 is 1.91 bits per heavy atom. The molecule has 1 fully saturated rings. The summed E-state index contributed by atoms with van der Waals surface area (Å²) in [6, 6.07) is 18.7. The van der Waals surface area contributed by atoms with Gasteiger partial charge >= 0.3 is 0 Å². The Bertz CT molecular complexity index is 1150.